The molecule has 0 saturated carbocycles. The highest BCUT2D eigenvalue weighted by Crippen LogP contribution is 2.37. The Bertz CT molecular complexity index is 1140. The molecule has 1 saturated heterocycles. The number of rotatable bonds is 11. The van der Waals surface area contributed by atoms with E-state index in [-0.39, 0.29) is 45.1 Å². The fourth-order valence-electron chi connectivity index (χ4n) is 3.44. The van der Waals surface area contributed by atoms with Crippen LogP contribution in [-0.4, -0.2) is 79.7 Å². The van der Waals surface area contributed by atoms with Gasteiger partial charge in [-0.3, -0.25) is 19.2 Å². The second-order valence-corrected chi connectivity index (χ2v) is 12.1. The molecular weight excluding hydrogens is 871 g/mol. The summed E-state index contributed by atoms with van der Waals surface area (Å²) in [6.07, 6.45) is -0.686. The standard InChI is InChI=1S/C24H30I3N3O10/c1-12(31)36-8-6-30(7-9-37-13(2)32)22(34)17-18(25)15(10-38-14(3)33)19(26)21(20(17)27)29-23(35)28-16-11-39-24(4,5)40-16/h16H,6-11H2,1-5H3,(H2,28,29,35). The maximum absolute atomic E-state index is 13.9. The molecule has 13 nitrogen and oxygen atoms in total. The molecule has 1 unspecified atom stereocenters. The molecule has 0 spiro atoms. The van der Waals surface area contributed by atoms with Crippen LogP contribution in [-0.2, 0) is 44.7 Å². The lowest BCUT2D eigenvalue weighted by atomic mass is 10.1. The number of carbonyl (C=O) groups is 5. The van der Waals surface area contributed by atoms with E-state index in [2.05, 4.69) is 10.6 Å². The van der Waals surface area contributed by atoms with E-state index in [1.165, 1.54) is 25.7 Å². The highest BCUT2D eigenvalue weighted by Gasteiger charge is 2.34. The van der Waals surface area contributed by atoms with Gasteiger partial charge in [0.25, 0.3) is 5.91 Å². The monoisotopic (exact) mass is 901 g/mol. The van der Waals surface area contributed by atoms with Crippen molar-refractivity contribution in [3.8, 4) is 0 Å². The number of urea groups is 1. The number of hydrogen-bond donors (Lipinski definition) is 2. The summed E-state index contributed by atoms with van der Waals surface area (Å²) < 4.78 is 27.9. The highest BCUT2D eigenvalue weighted by atomic mass is 127. The van der Waals surface area contributed by atoms with E-state index in [9.17, 15) is 24.0 Å². The average Bonchev–Trinajstić information content (AvgIpc) is 3.17. The molecule has 1 heterocycles. The van der Waals surface area contributed by atoms with Crippen LogP contribution in [0.1, 0.15) is 50.5 Å². The van der Waals surface area contributed by atoms with Crippen molar-refractivity contribution in [2.45, 2.75) is 53.2 Å². The van der Waals surface area contributed by atoms with Crippen molar-refractivity contribution in [1.82, 2.24) is 10.2 Å². The SMILES string of the molecule is CC(=O)OCCN(CCOC(C)=O)C(=O)c1c(I)c(COC(C)=O)c(I)c(NC(=O)NC2COC(C)(C)O2)c1I. The Hall–Kier alpha value is -1.52. The maximum Gasteiger partial charge on any atom is 0.321 e. The summed E-state index contributed by atoms with van der Waals surface area (Å²) in [5.41, 5.74) is 1.06. The molecule has 2 N–H and O–H groups in total. The second-order valence-electron chi connectivity index (χ2n) is 8.84. The number of ether oxygens (including phenoxy) is 5. The number of esters is 3. The molecule has 1 aliphatic rings. The lowest BCUT2D eigenvalue weighted by Gasteiger charge is -2.26. The lowest BCUT2D eigenvalue weighted by molar-refractivity contribution is -0.143. The van der Waals surface area contributed by atoms with Crippen molar-refractivity contribution in [3.05, 3.63) is 21.8 Å². The lowest BCUT2D eigenvalue weighted by Crippen LogP contribution is -2.41. The Morgan fingerprint density at radius 3 is 1.93 bits per heavy atom. The van der Waals surface area contributed by atoms with Crippen LogP contribution in [0.15, 0.2) is 0 Å². The molecule has 0 aromatic heterocycles. The summed E-state index contributed by atoms with van der Waals surface area (Å²) >= 11 is 5.98. The first kappa shape index (κ1) is 34.7. The first-order valence-corrected chi connectivity index (χ1v) is 15.1. The minimum absolute atomic E-state index is 0.0230. The quantitative estimate of drug-likeness (QED) is 0.192. The van der Waals surface area contributed by atoms with E-state index in [1.54, 1.807) is 13.8 Å². The maximum atomic E-state index is 13.9. The molecule has 0 aliphatic carbocycles. The summed E-state index contributed by atoms with van der Waals surface area (Å²) in [7, 11) is 0. The average molecular weight is 901 g/mol. The van der Waals surface area contributed by atoms with Crippen molar-refractivity contribution in [3.63, 3.8) is 0 Å². The van der Waals surface area contributed by atoms with E-state index in [0.717, 1.165) is 0 Å². The van der Waals surface area contributed by atoms with Gasteiger partial charge in [-0.25, -0.2) is 4.79 Å². The third-order valence-electron chi connectivity index (χ3n) is 5.20. The van der Waals surface area contributed by atoms with Gasteiger partial charge in [0.1, 0.15) is 19.8 Å². The number of halogens is 3. The van der Waals surface area contributed by atoms with Crippen LogP contribution >= 0.6 is 67.8 Å². The molecule has 1 fully saturated rings. The van der Waals surface area contributed by atoms with Crippen molar-refractivity contribution >= 4 is 103 Å². The highest BCUT2D eigenvalue weighted by molar-refractivity contribution is 14.1. The number of anilines is 1. The third kappa shape index (κ3) is 10.4. The normalized spacial score (nSPS) is 15.7. The van der Waals surface area contributed by atoms with Gasteiger partial charge in [-0.1, -0.05) is 0 Å². The Morgan fingerprint density at radius 1 is 0.900 bits per heavy atom. The number of hydrogen-bond acceptors (Lipinski definition) is 10. The van der Waals surface area contributed by atoms with Gasteiger partial charge in [0, 0.05) is 33.5 Å². The fraction of sp³-hybridized carbons (Fsp3) is 0.542. The first-order valence-electron chi connectivity index (χ1n) is 11.9. The zero-order valence-electron chi connectivity index (χ0n) is 22.5. The predicted molar refractivity (Wildman–Crippen MR) is 166 cm³/mol. The van der Waals surface area contributed by atoms with Crippen molar-refractivity contribution in [2.75, 3.05) is 38.2 Å². The zero-order valence-corrected chi connectivity index (χ0v) is 29.0. The number of amides is 3. The molecule has 0 bridgehead atoms. The molecular formula is C24H30I3N3O10. The van der Waals surface area contributed by atoms with Crippen LogP contribution in [0, 0.1) is 10.7 Å². The van der Waals surface area contributed by atoms with Gasteiger partial charge >= 0.3 is 23.9 Å². The van der Waals surface area contributed by atoms with Crippen LogP contribution in [0.4, 0.5) is 10.5 Å². The summed E-state index contributed by atoms with van der Waals surface area (Å²) in [6, 6.07) is -0.596. The Labute approximate surface area is 272 Å². The Balaban J connectivity index is 2.47. The van der Waals surface area contributed by atoms with Crippen molar-refractivity contribution in [1.29, 1.82) is 0 Å². The summed E-state index contributed by atoms with van der Waals surface area (Å²) in [4.78, 5) is 62.4. The van der Waals surface area contributed by atoms with E-state index in [0.29, 0.717) is 22.0 Å². The van der Waals surface area contributed by atoms with Gasteiger partial charge in [0.15, 0.2) is 12.0 Å². The van der Waals surface area contributed by atoms with E-state index in [4.69, 9.17) is 23.7 Å². The topological polar surface area (TPSA) is 159 Å². The minimum Gasteiger partial charge on any atom is -0.464 e. The predicted octanol–water partition coefficient (Wildman–Crippen LogP) is 3.36. The van der Waals surface area contributed by atoms with Crippen LogP contribution in [0.25, 0.3) is 0 Å². The zero-order chi connectivity index (χ0) is 30.2. The molecule has 1 aromatic rings. The van der Waals surface area contributed by atoms with Gasteiger partial charge in [-0.2, -0.15) is 0 Å². The molecule has 2 rings (SSSR count). The largest absolute Gasteiger partial charge is 0.464 e. The second kappa shape index (κ2) is 15.6. The number of carbonyl (C=O) groups excluding carboxylic acids is 5. The molecule has 222 valence electrons. The summed E-state index contributed by atoms with van der Waals surface area (Å²) in [5, 5.41) is 5.47. The van der Waals surface area contributed by atoms with Gasteiger partial charge in [0.05, 0.1) is 34.5 Å². The fourth-order valence-corrected chi connectivity index (χ4v) is 7.65. The molecule has 3 amide bonds. The summed E-state index contributed by atoms with van der Waals surface area (Å²) in [5.74, 6) is -2.84. The smallest absolute Gasteiger partial charge is 0.321 e. The van der Waals surface area contributed by atoms with Crippen LogP contribution in [0.2, 0.25) is 0 Å². The van der Waals surface area contributed by atoms with Gasteiger partial charge in [0.2, 0.25) is 0 Å². The van der Waals surface area contributed by atoms with Crippen LogP contribution < -0.4 is 10.6 Å². The van der Waals surface area contributed by atoms with Crippen LogP contribution in [0.3, 0.4) is 0 Å². The molecule has 0 radical (unpaired) electrons. The van der Waals surface area contributed by atoms with Crippen molar-refractivity contribution < 1.29 is 47.7 Å². The number of benzene rings is 1. The summed E-state index contributed by atoms with van der Waals surface area (Å²) in [6.45, 7) is 7.13. The van der Waals surface area contributed by atoms with E-state index >= 15 is 0 Å². The Kier molecular flexibility index (Phi) is 13.6. The molecule has 1 atom stereocenters. The van der Waals surface area contributed by atoms with E-state index < -0.39 is 41.9 Å². The van der Waals surface area contributed by atoms with Gasteiger partial charge in [-0.15, -0.1) is 0 Å². The number of nitrogens with one attached hydrogen (secondary N) is 2. The van der Waals surface area contributed by atoms with Gasteiger partial charge in [-0.05, 0) is 81.6 Å². The molecule has 1 aliphatic heterocycles. The first-order chi connectivity index (χ1) is 18.6. The molecule has 16 heteroatoms. The Morgan fingerprint density at radius 2 is 1.45 bits per heavy atom. The minimum atomic E-state index is -0.845. The third-order valence-corrected chi connectivity index (χ3v) is 8.66. The molecule has 40 heavy (non-hydrogen) atoms. The van der Waals surface area contributed by atoms with Crippen molar-refractivity contribution in [2.24, 2.45) is 0 Å². The van der Waals surface area contributed by atoms with Gasteiger partial charge < -0.3 is 39.2 Å². The van der Waals surface area contributed by atoms with E-state index in [1.807, 2.05) is 67.8 Å². The van der Waals surface area contributed by atoms with Crippen LogP contribution in [0.5, 0.6) is 0 Å². The number of nitrogens with zero attached hydrogens (tertiary/aromatic N) is 1. The molecule has 1 aromatic carbocycles.